The molecule has 0 N–H and O–H groups in total. The van der Waals surface area contributed by atoms with Crippen LogP contribution in [0.15, 0.2) is 0 Å². The molecule has 1 heterocycles. The Balaban J connectivity index is 1.88. The Kier molecular flexibility index (Phi) is 6.63. The standard InChI is InChI=1S/C12H23ClO/c1-2-6-11(13)7-3-4-8-12-9-5-10-14-12/h11-12H,2-10H2,1H3. The number of hydrogen-bond donors (Lipinski definition) is 0. The molecule has 0 radical (unpaired) electrons. The Bertz CT molecular complexity index is 132. The predicted octanol–water partition coefficient (Wildman–Crippen LogP) is 4.13. The summed E-state index contributed by atoms with van der Waals surface area (Å²) >= 11 is 6.15. The molecule has 0 saturated carbocycles. The largest absolute Gasteiger partial charge is 0.378 e. The van der Waals surface area contributed by atoms with Crippen LogP contribution in [0.2, 0.25) is 0 Å². The molecule has 84 valence electrons. The average Bonchev–Trinajstić information content (AvgIpc) is 2.65. The fraction of sp³-hybridized carbons (Fsp3) is 1.00. The minimum absolute atomic E-state index is 0.407. The SMILES string of the molecule is CCCC(Cl)CCCCC1CCCO1. The first-order valence-electron chi connectivity index (χ1n) is 6.08. The summed E-state index contributed by atoms with van der Waals surface area (Å²) in [5, 5.41) is 0.407. The summed E-state index contributed by atoms with van der Waals surface area (Å²) in [7, 11) is 0. The molecule has 2 atom stereocenters. The van der Waals surface area contributed by atoms with Crippen LogP contribution in [0.4, 0.5) is 0 Å². The van der Waals surface area contributed by atoms with Gasteiger partial charge in [-0.25, -0.2) is 0 Å². The van der Waals surface area contributed by atoms with Gasteiger partial charge in [0.25, 0.3) is 0 Å². The van der Waals surface area contributed by atoms with Crippen molar-refractivity contribution in [1.29, 1.82) is 0 Å². The number of unbranched alkanes of at least 4 members (excludes halogenated alkanes) is 1. The van der Waals surface area contributed by atoms with Crippen LogP contribution in [-0.4, -0.2) is 18.1 Å². The Morgan fingerprint density at radius 3 is 2.86 bits per heavy atom. The lowest BCUT2D eigenvalue weighted by atomic mass is 10.1. The molecule has 0 bridgehead atoms. The van der Waals surface area contributed by atoms with E-state index >= 15 is 0 Å². The highest BCUT2D eigenvalue weighted by molar-refractivity contribution is 6.20. The van der Waals surface area contributed by atoms with Gasteiger partial charge in [-0.2, -0.15) is 0 Å². The molecule has 0 aromatic heterocycles. The van der Waals surface area contributed by atoms with E-state index < -0.39 is 0 Å². The summed E-state index contributed by atoms with van der Waals surface area (Å²) < 4.78 is 5.57. The van der Waals surface area contributed by atoms with Gasteiger partial charge < -0.3 is 4.74 Å². The van der Waals surface area contributed by atoms with Gasteiger partial charge in [-0.05, 0) is 32.1 Å². The maximum atomic E-state index is 6.15. The topological polar surface area (TPSA) is 9.23 Å². The number of alkyl halides is 1. The lowest BCUT2D eigenvalue weighted by molar-refractivity contribution is 0.102. The number of halogens is 1. The number of rotatable bonds is 7. The molecule has 1 aliphatic heterocycles. The molecule has 2 unspecified atom stereocenters. The molecule has 14 heavy (non-hydrogen) atoms. The second-order valence-corrected chi connectivity index (χ2v) is 4.92. The van der Waals surface area contributed by atoms with Crippen LogP contribution in [0.1, 0.15) is 58.3 Å². The minimum Gasteiger partial charge on any atom is -0.378 e. The van der Waals surface area contributed by atoms with Gasteiger partial charge in [0.1, 0.15) is 0 Å². The molecule has 0 amide bonds. The molecule has 0 aromatic rings. The van der Waals surface area contributed by atoms with Gasteiger partial charge in [-0.1, -0.05) is 26.2 Å². The zero-order chi connectivity index (χ0) is 10.2. The highest BCUT2D eigenvalue weighted by atomic mass is 35.5. The van der Waals surface area contributed by atoms with Crippen LogP contribution in [0.25, 0.3) is 0 Å². The van der Waals surface area contributed by atoms with E-state index in [2.05, 4.69) is 6.92 Å². The van der Waals surface area contributed by atoms with Crippen LogP contribution >= 0.6 is 11.6 Å². The third kappa shape index (κ3) is 5.21. The van der Waals surface area contributed by atoms with Crippen molar-refractivity contribution in [1.82, 2.24) is 0 Å². The molecule has 1 fully saturated rings. The van der Waals surface area contributed by atoms with Gasteiger partial charge in [0.05, 0.1) is 6.10 Å². The summed E-state index contributed by atoms with van der Waals surface area (Å²) in [6.45, 7) is 3.18. The Morgan fingerprint density at radius 2 is 2.21 bits per heavy atom. The van der Waals surface area contributed by atoms with Gasteiger partial charge >= 0.3 is 0 Å². The summed E-state index contributed by atoms with van der Waals surface area (Å²) in [4.78, 5) is 0. The van der Waals surface area contributed by atoms with Crippen molar-refractivity contribution in [2.45, 2.75) is 69.8 Å². The molecule has 2 heteroatoms. The Labute approximate surface area is 93.2 Å². The molecule has 1 aliphatic rings. The number of hydrogen-bond acceptors (Lipinski definition) is 1. The normalized spacial score (nSPS) is 24.0. The van der Waals surface area contributed by atoms with Gasteiger partial charge in [-0.15, -0.1) is 11.6 Å². The van der Waals surface area contributed by atoms with Gasteiger partial charge in [0, 0.05) is 12.0 Å². The lowest BCUT2D eigenvalue weighted by Crippen LogP contribution is -2.05. The second-order valence-electron chi connectivity index (χ2n) is 4.31. The van der Waals surface area contributed by atoms with E-state index in [-0.39, 0.29) is 0 Å². The second kappa shape index (κ2) is 7.53. The monoisotopic (exact) mass is 218 g/mol. The molecule has 1 nitrogen and oxygen atoms in total. The fourth-order valence-electron chi connectivity index (χ4n) is 2.07. The van der Waals surface area contributed by atoms with Crippen molar-refractivity contribution in [3.63, 3.8) is 0 Å². The van der Waals surface area contributed by atoms with Crippen molar-refractivity contribution in [3.8, 4) is 0 Å². The van der Waals surface area contributed by atoms with Crippen molar-refractivity contribution >= 4 is 11.6 Å². The van der Waals surface area contributed by atoms with E-state index in [0.29, 0.717) is 11.5 Å². The molecule has 0 aliphatic carbocycles. The summed E-state index contributed by atoms with van der Waals surface area (Å²) in [5.41, 5.74) is 0. The maximum absolute atomic E-state index is 6.15. The first-order chi connectivity index (χ1) is 6.83. The first-order valence-corrected chi connectivity index (χ1v) is 6.52. The van der Waals surface area contributed by atoms with E-state index in [0.717, 1.165) is 6.61 Å². The first kappa shape index (κ1) is 12.3. The fourth-order valence-corrected chi connectivity index (χ4v) is 2.44. The minimum atomic E-state index is 0.407. The maximum Gasteiger partial charge on any atom is 0.0576 e. The molecule has 1 saturated heterocycles. The predicted molar refractivity (Wildman–Crippen MR) is 62.0 cm³/mol. The van der Waals surface area contributed by atoms with Gasteiger partial charge in [0.2, 0.25) is 0 Å². The third-order valence-electron chi connectivity index (χ3n) is 2.92. The average molecular weight is 219 g/mol. The van der Waals surface area contributed by atoms with E-state index in [1.165, 1.54) is 51.4 Å². The van der Waals surface area contributed by atoms with E-state index in [4.69, 9.17) is 16.3 Å². The zero-order valence-corrected chi connectivity index (χ0v) is 10.1. The van der Waals surface area contributed by atoms with E-state index in [1.807, 2.05) is 0 Å². The van der Waals surface area contributed by atoms with Crippen molar-refractivity contribution in [2.75, 3.05) is 6.61 Å². The molecular formula is C12H23ClO. The van der Waals surface area contributed by atoms with Crippen LogP contribution in [0.3, 0.4) is 0 Å². The van der Waals surface area contributed by atoms with Gasteiger partial charge in [-0.3, -0.25) is 0 Å². The summed E-state index contributed by atoms with van der Waals surface area (Å²) in [6, 6.07) is 0. The highest BCUT2D eigenvalue weighted by Gasteiger charge is 2.14. The third-order valence-corrected chi connectivity index (χ3v) is 3.36. The summed E-state index contributed by atoms with van der Waals surface area (Å²) in [5.74, 6) is 0. The number of ether oxygens (including phenoxy) is 1. The molecule has 1 rings (SSSR count). The highest BCUT2D eigenvalue weighted by Crippen LogP contribution is 2.20. The van der Waals surface area contributed by atoms with E-state index in [9.17, 15) is 0 Å². The smallest absolute Gasteiger partial charge is 0.0576 e. The van der Waals surface area contributed by atoms with Gasteiger partial charge in [0.15, 0.2) is 0 Å². The van der Waals surface area contributed by atoms with Crippen molar-refractivity contribution in [2.24, 2.45) is 0 Å². The van der Waals surface area contributed by atoms with Crippen LogP contribution in [0.5, 0.6) is 0 Å². The molecule has 0 spiro atoms. The zero-order valence-electron chi connectivity index (χ0n) is 9.30. The van der Waals surface area contributed by atoms with Crippen molar-refractivity contribution < 1.29 is 4.74 Å². The van der Waals surface area contributed by atoms with Crippen LogP contribution < -0.4 is 0 Å². The van der Waals surface area contributed by atoms with E-state index in [1.54, 1.807) is 0 Å². The van der Waals surface area contributed by atoms with Crippen molar-refractivity contribution in [3.05, 3.63) is 0 Å². The summed E-state index contributed by atoms with van der Waals surface area (Å²) in [6.07, 6.45) is 10.5. The van der Waals surface area contributed by atoms with Crippen LogP contribution in [0, 0.1) is 0 Å². The Morgan fingerprint density at radius 1 is 1.36 bits per heavy atom. The van der Waals surface area contributed by atoms with Crippen LogP contribution in [-0.2, 0) is 4.74 Å². The lowest BCUT2D eigenvalue weighted by Gasteiger charge is -2.10. The molecular weight excluding hydrogens is 196 g/mol. The Hall–Kier alpha value is 0.250. The molecule has 0 aromatic carbocycles. The quantitative estimate of drug-likeness (QED) is 0.461.